The molecule has 2 aromatic rings. The van der Waals surface area contributed by atoms with Gasteiger partial charge in [-0.1, -0.05) is 12.1 Å². The number of hydrogen-bond donors (Lipinski definition) is 2. The van der Waals surface area contributed by atoms with Crippen LogP contribution in [0.5, 0.6) is 0 Å². The highest BCUT2D eigenvalue weighted by Crippen LogP contribution is 2.24. The number of hydrogen-bond acceptors (Lipinski definition) is 3. The molecule has 0 saturated carbocycles. The first-order chi connectivity index (χ1) is 9.17. The zero-order valence-corrected chi connectivity index (χ0v) is 13.0. The Morgan fingerprint density at radius 2 is 1.80 bits per heavy atom. The molecule has 1 unspecified atom stereocenters. The largest absolute Gasteiger partial charge is 0.384 e. The number of aryl methyl sites for hydroxylation is 1. The lowest BCUT2D eigenvalue weighted by atomic mass is 9.93. The first-order valence-corrected chi connectivity index (χ1v) is 7.03. The number of β-amino-alcohol motifs (C(OH)–C–C–N with tert-alkyl or cyclic N) is 1. The lowest BCUT2D eigenvalue weighted by Gasteiger charge is -2.30. The molecule has 1 aromatic carbocycles. The second kappa shape index (κ2) is 5.15. The van der Waals surface area contributed by atoms with E-state index in [1.54, 1.807) is 0 Å². The fourth-order valence-electron chi connectivity index (χ4n) is 2.10. The van der Waals surface area contributed by atoms with Crippen molar-refractivity contribution in [3.05, 3.63) is 41.6 Å². The fraction of sp³-hybridized carbons (Fsp3) is 0.471. The monoisotopic (exact) mass is 272 g/mol. The Morgan fingerprint density at radius 3 is 2.45 bits per heavy atom. The first-order valence-electron chi connectivity index (χ1n) is 7.03. The molecule has 3 heteroatoms. The van der Waals surface area contributed by atoms with Crippen molar-refractivity contribution in [3.8, 4) is 0 Å². The van der Waals surface area contributed by atoms with Gasteiger partial charge in [0.15, 0.2) is 0 Å². The summed E-state index contributed by atoms with van der Waals surface area (Å²) < 4.78 is 0. The third-order valence-corrected chi connectivity index (χ3v) is 3.41. The van der Waals surface area contributed by atoms with Gasteiger partial charge in [-0.05, 0) is 58.4 Å². The Bertz CT molecular complexity index is 612. The molecule has 1 atom stereocenters. The number of rotatable bonds is 3. The molecule has 0 radical (unpaired) electrons. The smallest absolute Gasteiger partial charge is 0.0992 e. The zero-order valence-electron chi connectivity index (χ0n) is 13.0. The van der Waals surface area contributed by atoms with Crippen LogP contribution >= 0.6 is 0 Å². The summed E-state index contributed by atoms with van der Waals surface area (Å²) >= 11 is 0. The van der Waals surface area contributed by atoms with Gasteiger partial charge < -0.3 is 10.4 Å². The lowest BCUT2D eigenvalue weighted by Crippen LogP contribution is -2.44. The summed E-state index contributed by atoms with van der Waals surface area (Å²) in [5.74, 6) is 0. The van der Waals surface area contributed by atoms with Crippen molar-refractivity contribution in [2.75, 3.05) is 6.54 Å². The van der Waals surface area contributed by atoms with Crippen molar-refractivity contribution < 1.29 is 5.11 Å². The summed E-state index contributed by atoms with van der Waals surface area (Å²) in [6, 6.07) is 10.00. The summed E-state index contributed by atoms with van der Waals surface area (Å²) in [4.78, 5) is 4.49. The minimum Gasteiger partial charge on any atom is -0.384 e. The fourth-order valence-corrected chi connectivity index (χ4v) is 2.10. The minimum atomic E-state index is -0.896. The molecule has 2 rings (SSSR count). The molecule has 3 nitrogen and oxygen atoms in total. The topological polar surface area (TPSA) is 45.1 Å². The van der Waals surface area contributed by atoms with E-state index in [0.29, 0.717) is 6.54 Å². The third kappa shape index (κ3) is 3.56. The highest BCUT2D eigenvalue weighted by Gasteiger charge is 2.25. The Balaban J connectivity index is 2.29. The van der Waals surface area contributed by atoms with Crippen LogP contribution in [0.15, 0.2) is 30.3 Å². The molecule has 2 N–H and O–H groups in total. The van der Waals surface area contributed by atoms with E-state index in [2.05, 4.69) is 37.1 Å². The van der Waals surface area contributed by atoms with Gasteiger partial charge >= 0.3 is 0 Å². The average Bonchev–Trinajstić information content (AvgIpc) is 2.35. The van der Waals surface area contributed by atoms with Crippen LogP contribution in [0, 0.1) is 6.92 Å². The molecule has 1 heterocycles. The van der Waals surface area contributed by atoms with Crippen molar-refractivity contribution in [2.24, 2.45) is 0 Å². The van der Waals surface area contributed by atoms with Crippen LogP contribution in [0.2, 0.25) is 0 Å². The maximum absolute atomic E-state index is 10.7. The van der Waals surface area contributed by atoms with Gasteiger partial charge in [0, 0.05) is 23.2 Å². The van der Waals surface area contributed by atoms with E-state index in [9.17, 15) is 5.11 Å². The molecule has 0 bridgehead atoms. The number of fused-ring (bicyclic) bond motifs is 1. The quantitative estimate of drug-likeness (QED) is 0.902. The summed E-state index contributed by atoms with van der Waals surface area (Å²) in [7, 11) is 0. The molecule has 1 aromatic heterocycles. The van der Waals surface area contributed by atoms with E-state index in [1.165, 1.54) is 0 Å². The standard InChI is InChI=1S/C17H24N2O/c1-12-6-7-13-10-14(8-9-15(13)19-12)17(5,20)11-18-16(2,3)4/h6-10,18,20H,11H2,1-5H3. The van der Waals surface area contributed by atoms with E-state index in [4.69, 9.17) is 0 Å². The van der Waals surface area contributed by atoms with Crippen molar-refractivity contribution in [3.63, 3.8) is 0 Å². The van der Waals surface area contributed by atoms with Gasteiger partial charge in [-0.3, -0.25) is 4.98 Å². The van der Waals surface area contributed by atoms with E-state index in [-0.39, 0.29) is 5.54 Å². The number of benzene rings is 1. The van der Waals surface area contributed by atoms with Gasteiger partial charge in [-0.15, -0.1) is 0 Å². The highest BCUT2D eigenvalue weighted by atomic mass is 16.3. The second-order valence-electron chi connectivity index (χ2n) is 6.74. The molecular weight excluding hydrogens is 248 g/mol. The number of aliphatic hydroxyl groups is 1. The Hall–Kier alpha value is -1.45. The van der Waals surface area contributed by atoms with Gasteiger partial charge in [-0.25, -0.2) is 0 Å². The van der Waals surface area contributed by atoms with Crippen LogP contribution in [-0.2, 0) is 5.60 Å². The summed E-state index contributed by atoms with van der Waals surface area (Å²) in [6.45, 7) is 10.6. The third-order valence-electron chi connectivity index (χ3n) is 3.41. The molecule has 0 fully saturated rings. The van der Waals surface area contributed by atoms with Crippen molar-refractivity contribution in [2.45, 2.75) is 45.8 Å². The van der Waals surface area contributed by atoms with E-state index >= 15 is 0 Å². The normalized spacial score (nSPS) is 15.3. The zero-order chi connectivity index (χ0) is 15.0. The summed E-state index contributed by atoms with van der Waals surface area (Å²) in [6.07, 6.45) is 0. The average molecular weight is 272 g/mol. The molecule has 0 saturated heterocycles. The van der Waals surface area contributed by atoms with Crippen molar-refractivity contribution in [1.29, 1.82) is 0 Å². The minimum absolute atomic E-state index is 0.0144. The molecule has 0 spiro atoms. The molecule has 20 heavy (non-hydrogen) atoms. The molecule has 0 aliphatic rings. The Kier molecular flexibility index (Phi) is 3.85. The first kappa shape index (κ1) is 14.9. The predicted molar refractivity (Wildman–Crippen MR) is 83.8 cm³/mol. The molecule has 0 aliphatic heterocycles. The van der Waals surface area contributed by atoms with Crippen LogP contribution in [0.25, 0.3) is 10.9 Å². The maximum atomic E-state index is 10.7. The van der Waals surface area contributed by atoms with Gasteiger partial charge in [0.1, 0.15) is 0 Å². The van der Waals surface area contributed by atoms with Crippen LogP contribution in [0.1, 0.15) is 39.0 Å². The second-order valence-corrected chi connectivity index (χ2v) is 6.74. The van der Waals surface area contributed by atoms with Gasteiger partial charge in [-0.2, -0.15) is 0 Å². The molecular formula is C17H24N2O. The van der Waals surface area contributed by atoms with Gasteiger partial charge in [0.25, 0.3) is 0 Å². The van der Waals surface area contributed by atoms with Crippen molar-refractivity contribution in [1.82, 2.24) is 10.3 Å². The van der Waals surface area contributed by atoms with Crippen LogP contribution in [-0.4, -0.2) is 22.2 Å². The maximum Gasteiger partial charge on any atom is 0.0992 e. The summed E-state index contributed by atoms with van der Waals surface area (Å²) in [5, 5.41) is 15.1. The van der Waals surface area contributed by atoms with E-state index in [1.807, 2.05) is 38.1 Å². The number of pyridine rings is 1. The van der Waals surface area contributed by atoms with E-state index < -0.39 is 5.60 Å². The van der Waals surface area contributed by atoms with Gasteiger partial charge in [0.05, 0.1) is 11.1 Å². The number of aromatic nitrogens is 1. The predicted octanol–water partition coefficient (Wildman–Crippen LogP) is 3.14. The molecule has 0 aliphatic carbocycles. The van der Waals surface area contributed by atoms with Crippen LogP contribution in [0.4, 0.5) is 0 Å². The summed E-state index contributed by atoms with van der Waals surface area (Å²) in [5.41, 5.74) is 1.97. The Labute approximate surface area is 121 Å². The number of nitrogens with zero attached hydrogens (tertiary/aromatic N) is 1. The van der Waals surface area contributed by atoms with Crippen LogP contribution < -0.4 is 5.32 Å². The highest BCUT2D eigenvalue weighted by molar-refractivity contribution is 5.79. The lowest BCUT2D eigenvalue weighted by molar-refractivity contribution is 0.0503. The van der Waals surface area contributed by atoms with Crippen LogP contribution in [0.3, 0.4) is 0 Å². The molecule has 108 valence electrons. The molecule has 0 amide bonds. The van der Waals surface area contributed by atoms with E-state index in [0.717, 1.165) is 22.2 Å². The Morgan fingerprint density at radius 1 is 1.10 bits per heavy atom. The number of nitrogens with one attached hydrogen (secondary N) is 1. The SMILES string of the molecule is Cc1ccc2cc(C(C)(O)CNC(C)(C)C)ccc2n1. The van der Waals surface area contributed by atoms with Gasteiger partial charge in [0.2, 0.25) is 0 Å². The van der Waals surface area contributed by atoms with Crippen molar-refractivity contribution >= 4 is 10.9 Å².